The molecule has 2 rings (SSSR count). The molecule has 0 saturated carbocycles. The van der Waals surface area contributed by atoms with Crippen LogP contribution in [-0.2, 0) is 20.2 Å². The molecule has 0 aliphatic heterocycles. The number of aliphatic hydroxyl groups is 1. The lowest BCUT2D eigenvalue weighted by molar-refractivity contribution is 0.366. The van der Waals surface area contributed by atoms with E-state index in [0.29, 0.717) is 5.57 Å². The monoisotopic (exact) mass is 308 g/mol. The first kappa shape index (κ1) is 14.3. The van der Waals surface area contributed by atoms with Crippen molar-refractivity contribution in [3.8, 4) is 0 Å². The first-order chi connectivity index (χ1) is 8.57. The van der Waals surface area contributed by atoms with Gasteiger partial charge in [0.2, 0.25) is 4.08 Å². The van der Waals surface area contributed by atoms with Gasteiger partial charge in [0.1, 0.15) is 0 Å². The molecular weight excluding hydrogens is 296 g/mol. The Bertz CT molecular complexity index is 662. The lowest BCUT2D eigenvalue weighted by atomic mass is 9.83. The highest BCUT2D eigenvalue weighted by Gasteiger charge is 2.55. The zero-order valence-corrected chi connectivity index (χ0v) is 11.2. The summed E-state index contributed by atoms with van der Waals surface area (Å²) >= 11 is 0. The Kier molecular flexibility index (Phi) is 3.13. The maximum atomic E-state index is 11.4. The van der Waals surface area contributed by atoms with E-state index in [0.717, 1.165) is 6.08 Å². The maximum absolute atomic E-state index is 11.4. The lowest BCUT2D eigenvalue weighted by Gasteiger charge is -2.33. The van der Waals surface area contributed by atoms with Crippen LogP contribution in [0.5, 0.6) is 0 Å². The summed E-state index contributed by atoms with van der Waals surface area (Å²) in [5.74, 6) is -0.258. The summed E-state index contributed by atoms with van der Waals surface area (Å²) in [6.07, 6.45) is 4.37. The molecule has 0 radical (unpaired) electrons. The summed E-state index contributed by atoms with van der Waals surface area (Å²) < 4.78 is 61.0. The van der Waals surface area contributed by atoms with E-state index in [1.54, 1.807) is 0 Å². The molecule has 0 fully saturated rings. The maximum Gasteiger partial charge on any atom is 0.291 e. The van der Waals surface area contributed by atoms with E-state index in [1.165, 1.54) is 18.2 Å². The average molecular weight is 308 g/mol. The van der Waals surface area contributed by atoms with E-state index in [9.17, 15) is 21.9 Å². The smallest absolute Gasteiger partial charge is 0.291 e. The van der Waals surface area contributed by atoms with Crippen molar-refractivity contribution in [3.05, 3.63) is 35.6 Å². The van der Waals surface area contributed by atoms with Gasteiger partial charge in [-0.25, -0.2) is 0 Å². The van der Waals surface area contributed by atoms with Gasteiger partial charge >= 0.3 is 0 Å². The molecule has 1 atom stereocenters. The molecule has 106 valence electrons. The topological polar surface area (TPSA) is 129 Å². The fourth-order valence-corrected chi connectivity index (χ4v) is 4.49. The largest absolute Gasteiger partial charge is 0.512 e. The number of allylic oxidation sites excluding steroid dienone is 5. The van der Waals surface area contributed by atoms with E-state index in [1.807, 2.05) is 0 Å². The van der Waals surface area contributed by atoms with Crippen LogP contribution in [0.1, 0.15) is 12.8 Å². The van der Waals surface area contributed by atoms with Crippen LogP contribution < -0.4 is 0 Å². The molecule has 2 aliphatic carbocycles. The minimum absolute atomic E-state index is 0.0876. The van der Waals surface area contributed by atoms with Crippen LogP contribution in [0.25, 0.3) is 0 Å². The summed E-state index contributed by atoms with van der Waals surface area (Å²) in [5, 5.41) is 9.35. The van der Waals surface area contributed by atoms with Gasteiger partial charge in [0, 0.05) is 18.8 Å². The van der Waals surface area contributed by atoms with E-state index in [4.69, 9.17) is 9.11 Å². The van der Waals surface area contributed by atoms with Crippen molar-refractivity contribution in [3.63, 3.8) is 0 Å². The van der Waals surface area contributed by atoms with Crippen LogP contribution in [0.2, 0.25) is 0 Å². The van der Waals surface area contributed by atoms with Crippen molar-refractivity contribution in [2.75, 3.05) is 0 Å². The first-order valence-electron chi connectivity index (χ1n) is 5.29. The quantitative estimate of drug-likeness (QED) is 0.508. The molecule has 0 aromatic carbocycles. The summed E-state index contributed by atoms with van der Waals surface area (Å²) in [4.78, 5) is 0. The molecule has 3 N–H and O–H groups in total. The van der Waals surface area contributed by atoms with Crippen LogP contribution >= 0.6 is 0 Å². The zero-order chi connectivity index (χ0) is 14.5. The molecule has 0 saturated heterocycles. The predicted octanol–water partition coefficient (Wildman–Crippen LogP) is 0.806. The van der Waals surface area contributed by atoms with E-state index in [2.05, 4.69) is 0 Å². The Morgan fingerprint density at radius 2 is 1.68 bits per heavy atom. The highest BCUT2D eigenvalue weighted by molar-refractivity contribution is 8.05. The second-order valence-electron chi connectivity index (χ2n) is 4.51. The third kappa shape index (κ3) is 2.22. The highest BCUT2D eigenvalue weighted by Crippen LogP contribution is 2.42. The minimum Gasteiger partial charge on any atom is -0.512 e. The Balaban J connectivity index is 2.61. The van der Waals surface area contributed by atoms with Crippen LogP contribution in [-0.4, -0.2) is 35.1 Å². The van der Waals surface area contributed by atoms with Gasteiger partial charge in [0.25, 0.3) is 20.2 Å². The number of hydrogen-bond donors (Lipinski definition) is 3. The molecular formula is C10H12O7S2. The van der Waals surface area contributed by atoms with Crippen molar-refractivity contribution in [1.82, 2.24) is 0 Å². The lowest BCUT2D eigenvalue weighted by Crippen LogP contribution is -2.46. The fraction of sp³-hybridized carbons (Fsp3) is 0.400. The van der Waals surface area contributed by atoms with Crippen molar-refractivity contribution >= 4 is 20.2 Å². The van der Waals surface area contributed by atoms with Crippen LogP contribution in [0, 0.1) is 5.92 Å². The molecule has 0 amide bonds. The third-order valence-electron chi connectivity index (χ3n) is 3.30. The van der Waals surface area contributed by atoms with Gasteiger partial charge < -0.3 is 5.11 Å². The summed E-state index contributed by atoms with van der Waals surface area (Å²) in [6.45, 7) is 0. The molecule has 1 unspecified atom stereocenters. The molecule has 2 aliphatic rings. The number of fused-ring (bicyclic) bond motifs is 1. The number of aliphatic hydroxyl groups excluding tert-OH is 1. The normalized spacial score (nSPS) is 26.3. The Morgan fingerprint density at radius 3 is 2.21 bits per heavy atom. The molecule has 0 heterocycles. The summed E-state index contributed by atoms with van der Waals surface area (Å²) in [7, 11) is -10.1. The van der Waals surface area contributed by atoms with Crippen LogP contribution in [0.15, 0.2) is 35.6 Å². The Hall–Kier alpha value is -1.16. The first-order valence-corrected chi connectivity index (χ1v) is 8.17. The van der Waals surface area contributed by atoms with Crippen molar-refractivity contribution < 1.29 is 31.0 Å². The van der Waals surface area contributed by atoms with Gasteiger partial charge in [-0.15, -0.1) is 0 Å². The predicted molar refractivity (Wildman–Crippen MR) is 66.5 cm³/mol. The molecule has 7 nitrogen and oxygen atoms in total. The van der Waals surface area contributed by atoms with E-state index >= 15 is 0 Å². The van der Waals surface area contributed by atoms with Crippen molar-refractivity contribution in [1.29, 1.82) is 0 Å². The second-order valence-corrected chi connectivity index (χ2v) is 8.12. The van der Waals surface area contributed by atoms with Crippen LogP contribution in [0.4, 0.5) is 0 Å². The van der Waals surface area contributed by atoms with Gasteiger partial charge in [-0.05, 0) is 12.2 Å². The molecule has 0 aromatic heterocycles. The minimum atomic E-state index is -5.06. The molecule has 9 heteroatoms. The molecule has 0 aromatic rings. The van der Waals surface area contributed by atoms with E-state index in [-0.39, 0.29) is 18.1 Å². The Labute approximate surface area is 110 Å². The average Bonchev–Trinajstić information content (AvgIpc) is 2.25. The van der Waals surface area contributed by atoms with Gasteiger partial charge in [-0.3, -0.25) is 9.11 Å². The summed E-state index contributed by atoms with van der Waals surface area (Å²) in [6, 6.07) is 0. The molecule has 19 heavy (non-hydrogen) atoms. The van der Waals surface area contributed by atoms with E-state index < -0.39 is 30.7 Å². The number of hydrogen-bond acceptors (Lipinski definition) is 5. The van der Waals surface area contributed by atoms with Crippen LogP contribution in [0.3, 0.4) is 0 Å². The summed E-state index contributed by atoms with van der Waals surface area (Å²) in [5.41, 5.74) is 0.399. The van der Waals surface area contributed by atoms with Gasteiger partial charge in [0.05, 0.1) is 5.76 Å². The van der Waals surface area contributed by atoms with Gasteiger partial charge in [-0.2, -0.15) is 16.8 Å². The van der Waals surface area contributed by atoms with Gasteiger partial charge in [0.15, 0.2) is 0 Å². The highest BCUT2D eigenvalue weighted by atomic mass is 32.3. The SMILES string of the molecule is O=S(=O)(O)C1(S(=O)(=O)O)C=CC2CC(O)=CC=C2C1. The molecule has 0 spiro atoms. The Morgan fingerprint density at radius 1 is 1.11 bits per heavy atom. The third-order valence-corrected chi connectivity index (χ3v) is 6.87. The molecule has 0 bridgehead atoms. The van der Waals surface area contributed by atoms with Crippen molar-refractivity contribution in [2.45, 2.75) is 16.9 Å². The zero-order valence-electron chi connectivity index (χ0n) is 9.59. The fourth-order valence-electron chi connectivity index (χ4n) is 2.23. The second kappa shape index (κ2) is 4.17. The van der Waals surface area contributed by atoms with Crippen molar-refractivity contribution in [2.24, 2.45) is 5.92 Å². The standard InChI is InChI=1S/C10H12O7S2/c11-9-2-1-8-6-10(18(12,13)14,19(15,16)17)4-3-7(8)5-9/h1-4,7,11H,5-6H2,(H,12,13,14)(H,15,16,17). The number of rotatable bonds is 2. The van der Waals surface area contributed by atoms with Gasteiger partial charge in [-0.1, -0.05) is 17.7 Å².